The second kappa shape index (κ2) is 4.31. The highest BCUT2D eigenvalue weighted by molar-refractivity contribution is 5.77. The Bertz CT molecular complexity index is 489. The number of aryl methyl sites for hydroxylation is 2. The van der Waals surface area contributed by atoms with Crippen molar-refractivity contribution in [1.82, 2.24) is 0 Å². The Balaban J connectivity index is 2.45. The number of hydrogen-bond donors (Lipinski definition) is 0. The fraction of sp³-hybridized carbons (Fsp3) is 0.133. The predicted molar refractivity (Wildman–Crippen MR) is 66.7 cm³/mol. The van der Waals surface area contributed by atoms with E-state index in [1.165, 1.54) is 16.7 Å². The van der Waals surface area contributed by atoms with E-state index in [9.17, 15) is 4.79 Å². The molecular weight excluding hydrogens is 196 g/mol. The first-order chi connectivity index (χ1) is 7.69. The van der Waals surface area contributed by atoms with Gasteiger partial charge in [-0.2, -0.15) is 0 Å². The molecule has 0 saturated carbocycles. The summed E-state index contributed by atoms with van der Waals surface area (Å²) in [6.07, 6.45) is 0.866. The lowest BCUT2D eigenvalue weighted by molar-refractivity contribution is 0.112. The predicted octanol–water partition coefficient (Wildman–Crippen LogP) is 3.78. The topological polar surface area (TPSA) is 17.1 Å². The second-order valence-corrected chi connectivity index (χ2v) is 4.12. The molecule has 2 aromatic rings. The van der Waals surface area contributed by atoms with Crippen LogP contribution < -0.4 is 0 Å². The van der Waals surface area contributed by atoms with E-state index >= 15 is 0 Å². The van der Waals surface area contributed by atoms with Crippen molar-refractivity contribution in [2.75, 3.05) is 0 Å². The van der Waals surface area contributed by atoms with E-state index in [0.29, 0.717) is 5.56 Å². The van der Waals surface area contributed by atoms with Crippen LogP contribution in [-0.2, 0) is 0 Å². The molecule has 0 aliphatic carbocycles. The van der Waals surface area contributed by atoms with E-state index < -0.39 is 0 Å². The molecule has 0 spiro atoms. The van der Waals surface area contributed by atoms with Gasteiger partial charge in [0, 0.05) is 5.56 Å². The van der Waals surface area contributed by atoms with Crippen molar-refractivity contribution >= 4 is 6.29 Å². The number of aldehydes is 1. The highest BCUT2D eigenvalue weighted by Gasteiger charge is 1.99. The highest BCUT2D eigenvalue weighted by Crippen LogP contribution is 2.22. The lowest BCUT2D eigenvalue weighted by Crippen LogP contribution is -1.84. The smallest absolute Gasteiger partial charge is 0.150 e. The lowest BCUT2D eigenvalue weighted by atomic mass is 10.00. The molecule has 0 bridgehead atoms. The maximum atomic E-state index is 10.6. The average Bonchev–Trinajstić information content (AvgIpc) is 2.28. The summed E-state index contributed by atoms with van der Waals surface area (Å²) in [7, 11) is 0. The van der Waals surface area contributed by atoms with Crippen LogP contribution in [0.25, 0.3) is 11.1 Å². The van der Waals surface area contributed by atoms with Gasteiger partial charge in [0.2, 0.25) is 0 Å². The zero-order valence-corrected chi connectivity index (χ0v) is 9.53. The molecule has 2 aromatic carbocycles. The van der Waals surface area contributed by atoms with Crippen LogP contribution in [-0.4, -0.2) is 6.29 Å². The Morgan fingerprint density at radius 2 is 1.38 bits per heavy atom. The third-order valence-electron chi connectivity index (χ3n) is 2.60. The Kier molecular flexibility index (Phi) is 2.86. The van der Waals surface area contributed by atoms with Crippen molar-refractivity contribution < 1.29 is 4.79 Å². The normalized spacial score (nSPS) is 10.1. The van der Waals surface area contributed by atoms with Gasteiger partial charge in [-0.25, -0.2) is 0 Å². The van der Waals surface area contributed by atoms with Gasteiger partial charge in [0.05, 0.1) is 0 Å². The number of hydrogen-bond acceptors (Lipinski definition) is 1. The minimum Gasteiger partial charge on any atom is -0.298 e. The van der Waals surface area contributed by atoms with Crippen LogP contribution in [0.1, 0.15) is 21.5 Å². The summed E-state index contributed by atoms with van der Waals surface area (Å²) in [6, 6.07) is 14.1. The molecule has 0 aromatic heterocycles. The molecule has 0 aliphatic rings. The maximum absolute atomic E-state index is 10.6. The number of carbonyl (C=O) groups is 1. The van der Waals surface area contributed by atoms with Crippen LogP contribution in [0.3, 0.4) is 0 Å². The molecule has 0 unspecified atom stereocenters. The minimum absolute atomic E-state index is 0.716. The van der Waals surface area contributed by atoms with E-state index in [-0.39, 0.29) is 0 Å². The van der Waals surface area contributed by atoms with Crippen molar-refractivity contribution in [1.29, 1.82) is 0 Å². The van der Waals surface area contributed by atoms with Crippen LogP contribution in [0.15, 0.2) is 42.5 Å². The Labute approximate surface area is 95.7 Å². The molecule has 2 rings (SSSR count). The van der Waals surface area contributed by atoms with Crippen LogP contribution in [0.5, 0.6) is 0 Å². The Morgan fingerprint density at radius 3 is 1.88 bits per heavy atom. The zero-order valence-electron chi connectivity index (χ0n) is 9.53. The van der Waals surface area contributed by atoms with Gasteiger partial charge in [-0.1, -0.05) is 53.6 Å². The van der Waals surface area contributed by atoms with Crippen molar-refractivity contribution in [3.8, 4) is 11.1 Å². The third-order valence-corrected chi connectivity index (χ3v) is 2.60. The quantitative estimate of drug-likeness (QED) is 0.689. The monoisotopic (exact) mass is 210 g/mol. The highest BCUT2D eigenvalue weighted by atomic mass is 16.1. The minimum atomic E-state index is 0.716. The van der Waals surface area contributed by atoms with Crippen LogP contribution in [0.2, 0.25) is 0 Å². The van der Waals surface area contributed by atoms with Crippen molar-refractivity contribution in [3.05, 3.63) is 59.2 Å². The number of carbonyl (C=O) groups excluding carboxylic acids is 1. The molecule has 0 N–H and O–H groups in total. The summed E-state index contributed by atoms with van der Waals surface area (Å²) in [4.78, 5) is 10.6. The van der Waals surface area contributed by atoms with Gasteiger partial charge in [0.25, 0.3) is 0 Å². The number of rotatable bonds is 2. The summed E-state index contributed by atoms with van der Waals surface area (Å²) >= 11 is 0. The first-order valence-corrected chi connectivity index (χ1v) is 5.33. The van der Waals surface area contributed by atoms with Crippen LogP contribution in [0, 0.1) is 13.8 Å². The molecule has 0 amide bonds. The SMILES string of the molecule is Cc1cc(C)cc(-c2ccc(C=O)cc2)c1. The first kappa shape index (κ1) is 10.6. The molecule has 0 aliphatic heterocycles. The number of benzene rings is 2. The zero-order chi connectivity index (χ0) is 11.5. The molecule has 0 atom stereocenters. The molecule has 0 radical (unpaired) electrons. The Hall–Kier alpha value is -1.89. The van der Waals surface area contributed by atoms with E-state index in [1.54, 1.807) is 0 Å². The molecule has 1 nitrogen and oxygen atoms in total. The molecule has 0 heterocycles. The molecule has 0 saturated heterocycles. The summed E-state index contributed by atoms with van der Waals surface area (Å²) in [6.45, 7) is 4.19. The van der Waals surface area contributed by atoms with Gasteiger partial charge in [-0.05, 0) is 25.0 Å². The van der Waals surface area contributed by atoms with Crippen molar-refractivity contribution in [2.45, 2.75) is 13.8 Å². The Morgan fingerprint density at radius 1 is 0.812 bits per heavy atom. The summed E-state index contributed by atoms with van der Waals surface area (Å²) < 4.78 is 0. The summed E-state index contributed by atoms with van der Waals surface area (Å²) in [5, 5.41) is 0. The van der Waals surface area contributed by atoms with Gasteiger partial charge < -0.3 is 0 Å². The van der Waals surface area contributed by atoms with E-state index in [0.717, 1.165) is 11.8 Å². The van der Waals surface area contributed by atoms with Gasteiger partial charge in [-0.3, -0.25) is 4.79 Å². The standard InChI is InChI=1S/C15H14O/c1-11-7-12(2)9-15(8-11)14-5-3-13(10-16)4-6-14/h3-10H,1-2H3. The average molecular weight is 210 g/mol. The van der Waals surface area contributed by atoms with Gasteiger partial charge in [-0.15, -0.1) is 0 Å². The fourth-order valence-corrected chi connectivity index (χ4v) is 1.90. The third kappa shape index (κ3) is 2.19. The first-order valence-electron chi connectivity index (χ1n) is 5.33. The molecule has 1 heteroatoms. The maximum Gasteiger partial charge on any atom is 0.150 e. The lowest BCUT2D eigenvalue weighted by Gasteiger charge is -2.05. The molecule has 80 valence electrons. The fourth-order valence-electron chi connectivity index (χ4n) is 1.90. The van der Waals surface area contributed by atoms with E-state index in [1.807, 2.05) is 24.3 Å². The molecule has 0 fully saturated rings. The summed E-state index contributed by atoms with van der Waals surface area (Å²) in [5.74, 6) is 0. The van der Waals surface area contributed by atoms with Crippen LogP contribution in [0.4, 0.5) is 0 Å². The van der Waals surface area contributed by atoms with Crippen molar-refractivity contribution in [3.63, 3.8) is 0 Å². The summed E-state index contributed by atoms with van der Waals surface area (Å²) in [5.41, 5.74) is 5.59. The van der Waals surface area contributed by atoms with E-state index in [4.69, 9.17) is 0 Å². The van der Waals surface area contributed by atoms with Crippen LogP contribution >= 0.6 is 0 Å². The molecular formula is C15H14O. The van der Waals surface area contributed by atoms with Crippen molar-refractivity contribution in [2.24, 2.45) is 0 Å². The van der Waals surface area contributed by atoms with E-state index in [2.05, 4.69) is 32.0 Å². The largest absolute Gasteiger partial charge is 0.298 e. The van der Waals surface area contributed by atoms with Gasteiger partial charge in [0.1, 0.15) is 6.29 Å². The second-order valence-electron chi connectivity index (χ2n) is 4.12. The molecule has 16 heavy (non-hydrogen) atoms. The van der Waals surface area contributed by atoms with Gasteiger partial charge >= 0.3 is 0 Å². The van der Waals surface area contributed by atoms with Gasteiger partial charge in [0.15, 0.2) is 0 Å².